The Morgan fingerprint density at radius 1 is 1.33 bits per heavy atom. The molecule has 1 aliphatic rings. The van der Waals surface area contributed by atoms with Crippen molar-refractivity contribution in [3.8, 4) is 0 Å². The Bertz CT molecular complexity index is 735. The molecule has 7 heteroatoms. The molecule has 0 radical (unpaired) electrons. The molecule has 7 nitrogen and oxygen atoms in total. The van der Waals surface area contributed by atoms with Gasteiger partial charge in [0.1, 0.15) is 12.6 Å². The molecule has 1 fully saturated rings. The first-order chi connectivity index (χ1) is 11.3. The summed E-state index contributed by atoms with van der Waals surface area (Å²) in [5.74, 6) is 1.21. The zero-order valence-electron chi connectivity index (χ0n) is 14.4. The second kappa shape index (κ2) is 6.14. The number of hydrogen-bond acceptors (Lipinski definition) is 6. The van der Waals surface area contributed by atoms with Crippen molar-refractivity contribution in [1.29, 1.82) is 0 Å². The number of carbonyl (C=O) groups is 1. The fourth-order valence-corrected chi connectivity index (χ4v) is 2.42. The Balaban J connectivity index is 1.74. The lowest BCUT2D eigenvalue weighted by atomic mass is 9.96. The predicted octanol–water partition coefficient (Wildman–Crippen LogP) is 3.50. The van der Waals surface area contributed by atoms with Gasteiger partial charge in [0, 0.05) is 16.8 Å². The summed E-state index contributed by atoms with van der Waals surface area (Å²) in [7, 11) is 0. The van der Waals surface area contributed by atoms with Gasteiger partial charge in [-0.3, -0.25) is 4.90 Å². The van der Waals surface area contributed by atoms with Crippen LogP contribution in [0.1, 0.15) is 45.5 Å². The number of anilines is 2. The lowest BCUT2D eigenvalue weighted by Gasteiger charge is -2.16. The van der Waals surface area contributed by atoms with Crippen LogP contribution in [0.2, 0.25) is 0 Å². The first-order valence-corrected chi connectivity index (χ1v) is 7.99. The fraction of sp³-hybridized carbons (Fsp3) is 0.471. The molecule has 128 valence electrons. The molecule has 2 heterocycles. The van der Waals surface area contributed by atoms with Crippen LogP contribution in [-0.4, -0.2) is 29.4 Å². The van der Waals surface area contributed by atoms with Crippen LogP contribution >= 0.6 is 0 Å². The maximum Gasteiger partial charge on any atom is 0.414 e. The highest BCUT2D eigenvalue weighted by Crippen LogP contribution is 2.26. The molecule has 1 atom stereocenters. The van der Waals surface area contributed by atoms with Gasteiger partial charge in [-0.05, 0) is 25.1 Å². The SMILES string of the molecule is C[C@H](Nc1cccc(N2CCOC2=O)c1)c1nc(C(C)(C)C)no1. The average molecular weight is 330 g/mol. The molecule has 0 spiro atoms. The molecular formula is C17H22N4O3. The van der Waals surface area contributed by atoms with Gasteiger partial charge in [0.15, 0.2) is 5.82 Å². The zero-order chi connectivity index (χ0) is 17.3. The van der Waals surface area contributed by atoms with E-state index in [0.29, 0.717) is 24.9 Å². The maximum absolute atomic E-state index is 11.7. The Morgan fingerprint density at radius 2 is 2.12 bits per heavy atom. The quantitative estimate of drug-likeness (QED) is 0.924. The molecule has 0 unspecified atom stereocenters. The molecule has 1 aromatic carbocycles. The van der Waals surface area contributed by atoms with E-state index in [4.69, 9.17) is 9.26 Å². The van der Waals surface area contributed by atoms with Crippen LogP contribution in [0.3, 0.4) is 0 Å². The van der Waals surface area contributed by atoms with E-state index >= 15 is 0 Å². The maximum atomic E-state index is 11.7. The van der Waals surface area contributed by atoms with Gasteiger partial charge in [0.2, 0.25) is 5.89 Å². The topological polar surface area (TPSA) is 80.5 Å². The third-order valence-electron chi connectivity index (χ3n) is 3.78. The van der Waals surface area contributed by atoms with Crippen LogP contribution in [-0.2, 0) is 10.2 Å². The van der Waals surface area contributed by atoms with E-state index in [9.17, 15) is 4.79 Å². The number of carbonyl (C=O) groups excluding carboxylic acids is 1. The lowest BCUT2D eigenvalue weighted by Crippen LogP contribution is -2.23. The van der Waals surface area contributed by atoms with E-state index in [1.807, 2.05) is 52.0 Å². The second-order valence-corrected chi connectivity index (χ2v) is 6.89. The highest BCUT2D eigenvalue weighted by Gasteiger charge is 2.25. The zero-order valence-corrected chi connectivity index (χ0v) is 14.4. The number of amides is 1. The minimum absolute atomic E-state index is 0.144. The number of benzene rings is 1. The molecule has 0 aliphatic carbocycles. The highest BCUT2D eigenvalue weighted by atomic mass is 16.6. The molecule has 1 amide bonds. The Morgan fingerprint density at radius 3 is 2.75 bits per heavy atom. The van der Waals surface area contributed by atoms with Gasteiger partial charge in [0.25, 0.3) is 0 Å². The summed E-state index contributed by atoms with van der Waals surface area (Å²) >= 11 is 0. The molecule has 3 rings (SSSR count). The number of hydrogen-bond donors (Lipinski definition) is 1. The smallest absolute Gasteiger partial charge is 0.414 e. The van der Waals surface area contributed by atoms with E-state index in [1.54, 1.807) is 4.90 Å². The Labute approximate surface area is 141 Å². The predicted molar refractivity (Wildman–Crippen MR) is 90.2 cm³/mol. The minimum Gasteiger partial charge on any atom is -0.447 e. The minimum atomic E-state index is -0.313. The number of cyclic esters (lactones) is 1. The number of nitrogens with zero attached hydrogens (tertiary/aromatic N) is 3. The van der Waals surface area contributed by atoms with Gasteiger partial charge in [0.05, 0.1) is 6.54 Å². The second-order valence-electron chi connectivity index (χ2n) is 6.89. The number of ether oxygens (including phenoxy) is 1. The van der Waals surface area contributed by atoms with Crippen LogP contribution in [0.5, 0.6) is 0 Å². The Hall–Kier alpha value is -2.57. The van der Waals surface area contributed by atoms with E-state index in [0.717, 1.165) is 11.4 Å². The molecular weight excluding hydrogens is 308 g/mol. The van der Waals surface area contributed by atoms with E-state index in [2.05, 4.69) is 15.5 Å². The molecule has 1 aromatic heterocycles. The standard InChI is InChI=1S/C17H22N4O3/c1-11(14-19-15(20-24-14)17(2,3)4)18-12-6-5-7-13(10-12)21-8-9-23-16(21)22/h5-7,10-11,18H,8-9H2,1-4H3/t11-/m0/s1. The number of nitrogens with one attached hydrogen (secondary N) is 1. The van der Waals surface area contributed by atoms with Crippen LogP contribution < -0.4 is 10.2 Å². The van der Waals surface area contributed by atoms with Crippen LogP contribution in [0.15, 0.2) is 28.8 Å². The largest absolute Gasteiger partial charge is 0.447 e. The number of rotatable bonds is 4. The van der Waals surface area contributed by atoms with Gasteiger partial charge >= 0.3 is 6.09 Å². The third kappa shape index (κ3) is 3.34. The molecule has 1 saturated heterocycles. The molecule has 1 N–H and O–H groups in total. The molecule has 0 saturated carbocycles. The fourth-order valence-electron chi connectivity index (χ4n) is 2.42. The summed E-state index contributed by atoms with van der Waals surface area (Å²) in [5.41, 5.74) is 1.52. The summed E-state index contributed by atoms with van der Waals surface area (Å²) in [4.78, 5) is 17.8. The van der Waals surface area contributed by atoms with Gasteiger partial charge < -0.3 is 14.6 Å². The first-order valence-electron chi connectivity index (χ1n) is 7.99. The van der Waals surface area contributed by atoms with Gasteiger partial charge in [-0.1, -0.05) is 32.0 Å². The van der Waals surface area contributed by atoms with E-state index in [1.165, 1.54) is 0 Å². The summed E-state index contributed by atoms with van der Waals surface area (Å²) < 4.78 is 10.3. The third-order valence-corrected chi connectivity index (χ3v) is 3.78. The summed E-state index contributed by atoms with van der Waals surface area (Å²) in [6, 6.07) is 7.47. The van der Waals surface area contributed by atoms with Crippen molar-refractivity contribution >= 4 is 17.5 Å². The van der Waals surface area contributed by atoms with Crippen molar-refractivity contribution in [2.75, 3.05) is 23.4 Å². The monoisotopic (exact) mass is 330 g/mol. The highest BCUT2D eigenvalue weighted by molar-refractivity contribution is 5.89. The van der Waals surface area contributed by atoms with E-state index < -0.39 is 0 Å². The molecule has 2 aromatic rings. The summed E-state index contributed by atoms with van der Waals surface area (Å²) in [6.07, 6.45) is -0.313. The first kappa shape index (κ1) is 16.3. The van der Waals surface area contributed by atoms with Crippen LogP contribution in [0.25, 0.3) is 0 Å². The van der Waals surface area contributed by atoms with Gasteiger partial charge in [-0.2, -0.15) is 4.98 Å². The van der Waals surface area contributed by atoms with Crippen molar-refractivity contribution in [2.45, 2.75) is 39.2 Å². The summed E-state index contributed by atoms with van der Waals surface area (Å²) in [5, 5.41) is 7.37. The van der Waals surface area contributed by atoms with Crippen LogP contribution in [0, 0.1) is 0 Å². The van der Waals surface area contributed by atoms with Gasteiger partial charge in [-0.25, -0.2) is 4.79 Å². The van der Waals surface area contributed by atoms with Crippen molar-refractivity contribution in [1.82, 2.24) is 10.1 Å². The lowest BCUT2D eigenvalue weighted by molar-refractivity contribution is 0.181. The van der Waals surface area contributed by atoms with Crippen molar-refractivity contribution in [3.05, 3.63) is 36.0 Å². The average Bonchev–Trinajstić information content (AvgIpc) is 3.15. The Kier molecular flexibility index (Phi) is 4.17. The van der Waals surface area contributed by atoms with Crippen molar-refractivity contribution < 1.29 is 14.1 Å². The molecule has 24 heavy (non-hydrogen) atoms. The van der Waals surface area contributed by atoms with Crippen LogP contribution in [0.4, 0.5) is 16.2 Å². The van der Waals surface area contributed by atoms with Crippen molar-refractivity contribution in [2.24, 2.45) is 0 Å². The van der Waals surface area contributed by atoms with Gasteiger partial charge in [-0.15, -0.1) is 0 Å². The molecule has 0 bridgehead atoms. The van der Waals surface area contributed by atoms with E-state index in [-0.39, 0.29) is 17.6 Å². The van der Waals surface area contributed by atoms with Crippen molar-refractivity contribution in [3.63, 3.8) is 0 Å². The molecule has 1 aliphatic heterocycles. The number of aromatic nitrogens is 2. The summed E-state index contributed by atoms with van der Waals surface area (Å²) in [6.45, 7) is 9.06. The normalized spacial score (nSPS) is 16.2.